The largest absolute Gasteiger partial charge is 0.484 e. The zero-order valence-electron chi connectivity index (χ0n) is 16.6. The van der Waals surface area contributed by atoms with Crippen LogP contribution in [0.2, 0.25) is 0 Å². The van der Waals surface area contributed by atoms with Crippen LogP contribution in [0.4, 0.5) is 0 Å². The maximum absolute atomic E-state index is 12.7. The third-order valence-electron chi connectivity index (χ3n) is 5.32. The van der Waals surface area contributed by atoms with Crippen molar-refractivity contribution >= 4 is 11.9 Å². The number of benzene rings is 2. The van der Waals surface area contributed by atoms with Gasteiger partial charge in [0.2, 0.25) is 5.79 Å². The molecule has 2 aromatic carbocycles. The van der Waals surface area contributed by atoms with Crippen LogP contribution in [0.1, 0.15) is 12.5 Å². The highest BCUT2D eigenvalue weighted by Gasteiger charge is 2.66. The molecule has 2 aliphatic heterocycles. The normalized spacial score (nSPS) is 25.8. The van der Waals surface area contributed by atoms with Crippen molar-refractivity contribution in [3.63, 3.8) is 0 Å². The molecular weight excluding hydrogens is 388 g/mol. The third-order valence-corrected chi connectivity index (χ3v) is 5.32. The average Bonchev–Trinajstić information content (AvgIpc) is 3.28. The van der Waals surface area contributed by atoms with Gasteiger partial charge in [-0.3, -0.25) is 0 Å². The monoisotopic (exact) mass is 410 g/mol. The molecule has 0 aromatic heterocycles. The van der Waals surface area contributed by atoms with Crippen LogP contribution in [-0.2, 0) is 30.2 Å². The molecule has 1 fully saturated rings. The summed E-state index contributed by atoms with van der Waals surface area (Å²) in [5.74, 6) is -3.20. The van der Waals surface area contributed by atoms with Crippen molar-refractivity contribution in [1.29, 1.82) is 0 Å². The van der Waals surface area contributed by atoms with Crippen molar-refractivity contribution in [3.8, 4) is 5.75 Å². The number of carbonyl (C=O) groups is 2. The molecule has 2 heterocycles. The fourth-order valence-electron chi connectivity index (χ4n) is 4.03. The van der Waals surface area contributed by atoms with E-state index in [1.807, 2.05) is 48.5 Å². The highest BCUT2D eigenvalue weighted by atomic mass is 16.8. The van der Waals surface area contributed by atoms with Crippen molar-refractivity contribution in [1.82, 2.24) is 0 Å². The zero-order chi connectivity index (χ0) is 21.3. The molecule has 7 nitrogen and oxygen atoms in total. The number of carbonyl (C=O) groups excluding carboxylic acids is 1. The molecule has 1 N–H and O–H groups in total. The molecule has 7 heteroatoms. The van der Waals surface area contributed by atoms with Crippen molar-refractivity contribution in [3.05, 3.63) is 77.4 Å². The molecule has 0 radical (unpaired) electrons. The fraction of sp³-hybridized carbons (Fsp3) is 0.304. The smallest absolute Gasteiger partial charge is 0.340 e. The zero-order valence-corrected chi connectivity index (χ0v) is 16.6. The Morgan fingerprint density at radius 1 is 1.07 bits per heavy atom. The summed E-state index contributed by atoms with van der Waals surface area (Å²) in [6.45, 7) is 1.71. The lowest BCUT2D eigenvalue weighted by atomic mass is 9.89. The van der Waals surface area contributed by atoms with Crippen molar-refractivity contribution in [2.75, 3.05) is 7.11 Å². The second-order valence-corrected chi connectivity index (χ2v) is 7.22. The van der Waals surface area contributed by atoms with E-state index in [9.17, 15) is 14.7 Å². The van der Waals surface area contributed by atoms with Gasteiger partial charge in [-0.15, -0.1) is 0 Å². The molecule has 0 amide bonds. The first-order valence-electron chi connectivity index (χ1n) is 9.63. The molecule has 0 spiro atoms. The van der Waals surface area contributed by atoms with E-state index in [4.69, 9.17) is 18.9 Å². The van der Waals surface area contributed by atoms with Crippen LogP contribution in [0, 0.1) is 0 Å². The number of carboxylic acid groups (broad SMARTS) is 1. The van der Waals surface area contributed by atoms with Crippen LogP contribution in [0.25, 0.3) is 0 Å². The molecule has 2 aromatic rings. The van der Waals surface area contributed by atoms with Crippen molar-refractivity contribution in [2.24, 2.45) is 0 Å². The number of rotatable bonds is 7. The summed E-state index contributed by atoms with van der Waals surface area (Å²) in [4.78, 5) is 24.7. The van der Waals surface area contributed by atoms with Gasteiger partial charge in [-0.25, -0.2) is 9.59 Å². The molecule has 2 bridgehead atoms. The van der Waals surface area contributed by atoms with Gasteiger partial charge < -0.3 is 24.1 Å². The predicted octanol–water partition coefficient (Wildman–Crippen LogP) is 2.74. The summed E-state index contributed by atoms with van der Waals surface area (Å²) >= 11 is 0. The first-order chi connectivity index (χ1) is 14.5. The summed E-state index contributed by atoms with van der Waals surface area (Å²) in [6, 6.07) is 18.6. The number of methoxy groups -OCH3 is 1. The molecule has 30 heavy (non-hydrogen) atoms. The van der Waals surface area contributed by atoms with E-state index in [0.29, 0.717) is 12.2 Å². The topological polar surface area (TPSA) is 91.3 Å². The van der Waals surface area contributed by atoms with E-state index in [2.05, 4.69) is 0 Å². The molecule has 2 aliphatic rings. The Labute approximate surface area is 173 Å². The summed E-state index contributed by atoms with van der Waals surface area (Å²) < 4.78 is 23.3. The predicted molar refractivity (Wildman–Crippen MR) is 106 cm³/mol. The minimum atomic E-state index is -1.70. The summed E-state index contributed by atoms with van der Waals surface area (Å²) in [7, 11) is 1.20. The van der Waals surface area contributed by atoms with Gasteiger partial charge in [-0.1, -0.05) is 48.5 Å². The number of para-hydroxylation sites is 1. The molecule has 4 unspecified atom stereocenters. The Kier molecular flexibility index (Phi) is 5.32. The fourth-order valence-corrected chi connectivity index (χ4v) is 4.03. The lowest BCUT2D eigenvalue weighted by Gasteiger charge is -2.36. The Morgan fingerprint density at radius 2 is 1.70 bits per heavy atom. The van der Waals surface area contributed by atoms with Crippen molar-refractivity contribution in [2.45, 2.75) is 37.4 Å². The molecule has 4 atom stereocenters. The van der Waals surface area contributed by atoms with Crippen LogP contribution >= 0.6 is 0 Å². The number of esters is 1. The van der Waals surface area contributed by atoms with Gasteiger partial charge in [-0.05, 0) is 24.6 Å². The van der Waals surface area contributed by atoms with Gasteiger partial charge in [0.15, 0.2) is 6.10 Å². The molecular formula is C23H22O7. The maximum Gasteiger partial charge on any atom is 0.340 e. The molecule has 4 rings (SSSR count). The van der Waals surface area contributed by atoms with Gasteiger partial charge in [0, 0.05) is 6.42 Å². The molecule has 0 aliphatic carbocycles. The van der Waals surface area contributed by atoms with Crippen molar-refractivity contribution < 1.29 is 33.6 Å². The number of aliphatic carboxylic acids is 1. The van der Waals surface area contributed by atoms with Gasteiger partial charge in [0.1, 0.15) is 17.4 Å². The number of hydrogen-bond donors (Lipinski definition) is 1. The second kappa shape index (κ2) is 7.93. The second-order valence-electron chi connectivity index (χ2n) is 7.22. The van der Waals surface area contributed by atoms with Crippen LogP contribution < -0.4 is 4.74 Å². The highest BCUT2D eigenvalue weighted by Crippen LogP contribution is 2.50. The Morgan fingerprint density at radius 3 is 2.30 bits per heavy atom. The van der Waals surface area contributed by atoms with Crippen LogP contribution in [-0.4, -0.2) is 48.3 Å². The summed E-state index contributed by atoms with van der Waals surface area (Å²) in [5, 5.41) is 9.80. The first kappa shape index (κ1) is 20.1. The van der Waals surface area contributed by atoms with Gasteiger partial charge in [0.25, 0.3) is 0 Å². The van der Waals surface area contributed by atoms with Crippen LogP contribution in [0.3, 0.4) is 0 Å². The SMILES string of the molecule is COC(=O)C1=C(C(=O)O)C2OC1(C(Cc1ccccc1)Oc1ccccc1)OC2C. The van der Waals surface area contributed by atoms with Crippen LogP contribution in [0.5, 0.6) is 5.75 Å². The maximum atomic E-state index is 12.7. The number of fused-ring (bicyclic) bond motifs is 2. The number of carboxylic acids is 1. The third kappa shape index (κ3) is 3.36. The van der Waals surface area contributed by atoms with Gasteiger partial charge >= 0.3 is 11.9 Å². The standard InChI is InChI=1S/C23H22O7/c1-14-20-18(21(24)25)19(22(26)27-2)23(29-14,30-20)17(13-15-9-5-3-6-10-15)28-16-11-7-4-8-12-16/h3-12,14,17,20H,13H2,1-2H3,(H,24,25). The Hall–Kier alpha value is -3.16. The van der Waals surface area contributed by atoms with Gasteiger partial charge in [0.05, 0.1) is 18.8 Å². The first-order valence-corrected chi connectivity index (χ1v) is 9.63. The van der Waals surface area contributed by atoms with E-state index >= 15 is 0 Å². The number of ether oxygens (including phenoxy) is 4. The average molecular weight is 410 g/mol. The van der Waals surface area contributed by atoms with Gasteiger partial charge in [-0.2, -0.15) is 0 Å². The van der Waals surface area contributed by atoms with E-state index in [1.54, 1.807) is 19.1 Å². The molecule has 156 valence electrons. The van der Waals surface area contributed by atoms with E-state index < -0.39 is 36.0 Å². The highest BCUT2D eigenvalue weighted by molar-refractivity contribution is 6.03. The van der Waals surface area contributed by atoms with E-state index in [-0.39, 0.29) is 11.1 Å². The summed E-state index contributed by atoms with van der Waals surface area (Å²) in [6.07, 6.45) is -1.97. The lowest BCUT2D eigenvalue weighted by molar-refractivity contribution is -0.195. The quantitative estimate of drug-likeness (QED) is 0.702. The lowest BCUT2D eigenvalue weighted by Crippen LogP contribution is -2.52. The summed E-state index contributed by atoms with van der Waals surface area (Å²) in [5.41, 5.74) is 0.622. The minimum Gasteiger partial charge on any atom is -0.484 e. The van der Waals surface area contributed by atoms with E-state index in [0.717, 1.165) is 5.56 Å². The Balaban J connectivity index is 1.83. The Bertz CT molecular complexity index is 928. The molecule has 1 saturated heterocycles. The van der Waals surface area contributed by atoms with Crippen LogP contribution in [0.15, 0.2) is 71.8 Å². The minimum absolute atomic E-state index is 0.143. The molecule has 0 saturated carbocycles. The van der Waals surface area contributed by atoms with E-state index in [1.165, 1.54) is 7.11 Å². The number of hydrogen-bond acceptors (Lipinski definition) is 6.